The number of amidine groups is 1. The quantitative estimate of drug-likeness (QED) is 0.644. The van der Waals surface area contributed by atoms with Gasteiger partial charge in [0, 0.05) is 5.56 Å². The fourth-order valence-corrected chi connectivity index (χ4v) is 1.80. The highest BCUT2D eigenvalue weighted by molar-refractivity contribution is 5.99. The van der Waals surface area contributed by atoms with Crippen molar-refractivity contribution in [3.05, 3.63) is 65.2 Å². The van der Waals surface area contributed by atoms with Crippen molar-refractivity contribution in [1.29, 1.82) is 0 Å². The van der Waals surface area contributed by atoms with Crippen LogP contribution in [0.2, 0.25) is 0 Å². The van der Waals surface area contributed by atoms with Crippen molar-refractivity contribution in [2.75, 3.05) is 0 Å². The first-order valence-corrected chi connectivity index (χ1v) is 6.20. The van der Waals surface area contributed by atoms with Crippen molar-refractivity contribution < 1.29 is 0 Å². The maximum atomic E-state index is 6.04. The molecule has 2 heteroatoms. The Labute approximate surface area is 108 Å². The van der Waals surface area contributed by atoms with Crippen LogP contribution in [0.1, 0.15) is 23.6 Å². The fraction of sp³-hybridized carbons (Fsp3) is 0.188. The molecule has 2 aromatic rings. The van der Waals surface area contributed by atoms with Crippen molar-refractivity contribution in [2.45, 2.75) is 20.3 Å². The van der Waals surface area contributed by atoms with Gasteiger partial charge in [0.1, 0.15) is 5.84 Å². The molecular formula is C16H18N2. The molecule has 0 heterocycles. The number of hydrogen-bond donors (Lipinski definition) is 1. The van der Waals surface area contributed by atoms with Gasteiger partial charge in [-0.2, -0.15) is 0 Å². The smallest absolute Gasteiger partial charge is 0.131 e. The van der Waals surface area contributed by atoms with Gasteiger partial charge < -0.3 is 5.73 Å². The molecule has 2 rings (SSSR count). The highest BCUT2D eigenvalue weighted by Crippen LogP contribution is 2.21. The van der Waals surface area contributed by atoms with E-state index in [1.807, 2.05) is 30.3 Å². The predicted octanol–water partition coefficient (Wildman–Crippen LogP) is 3.59. The lowest BCUT2D eigenvalue weighted by Gasteiger charge is -2.05. The average molecular weight is 238 g/mol. The first kappa shape index (κ1) is 12.4. The molecule has 18 heavy (non-hydrogen) atoms. The summed E-state index contributed by atoms with van der Waals surface area (Å²) in [6.45, 7) is 4.19. The number of aliphatic imine (C=N–C) groups is 1. The normalized spacial score (nSPS) is 11.6. The van der Waals surface area contributed by atoms with Crippen LogP contribution in [0.15, 0.2) is 53.5 Å². The van der Waals surface area contributed by atoms with E-state index in [2.05, 4.69) is 37.0 Å². The molecule has 2 nitrogen and oxygen atoms in total. The Morgan fingerprint density at radius 2 is 1.83 bits per heavy atom. The Kier molecular flexibility index (Phi) is 3.78. The van der Waals surface area contributed by atoms with Crippen LogP contribution >= 0.6 is 0 Å². The van der Waals surface area contributed by atoms with E-state index >= 15 is 0 Å². The lowest BCUT2D eigenvalue weighted by molar-refractivity contribution is 1.13. The molecule has 0 unspecified atom stereocenters. The molecule has 0 atom stereocenters. The van der Waals surface area contributed by atoms with Gasteiger partial charge in [0.15, 0.2) is 0 Å². The molecular weight excluding hydrogens is 220 g/mol. The van der Waals surface area contributed by atoms with Crippen molar-refractivity contribution in [3.63, 3.8) is 0 Å². The molecule has 92 valence electrons. The Hall–Kier alpha value is -2.09. The maximum Gasteiger partial charge on any atom is 0.131 e. The van der Waals surface area contributed by atoms with Crippen molar-refractivity contribution >= 4 is 11.5 Å². The van der Waals surface area contributed by atoms with E-state index in [9.17, 15) is 0 Å². The largest absolute Gasteiger partial charge is 0.383 e. The number of benzene rings is 2. The predicted molar refractivity (Wildman–Crippen MR) is 77.4 cm³/mol. The topological polar surface area (TPSA) is 38.4 Å². The van der Waals surface area contributed by atoms with Gasteiger partial charge in [-0.15, -0.1) is 0 Å². The summed E-state index contributed by atoms with van der Waals surface area (Å²) in [7, 11) is 0. The highest BCUT2D eigenvalue weighted by Gasteiger charge is 2.01. The second kappa shape index (κ2) is 5.50. The monoisotopic (exact) mass is 238 g/mol. The van der Waals surface area contributed by atoms with Gasteiger partial charge in [0.25, 0.3) is 0 Å². The summed E-state index contributed by atoms with van der Waals surface area (Å²) in [5.41, 5.74) is 10.4. The molecule has 0 fully saturated rings. The van der Waals surface area contributed by atoms with E-state index in [0.717, 1.165) is 23.2 Å². The van der Waals surface area contributed by atoms with E-state index < -0.39 is 0 Å². The van der Waals surface area contributed by atoms with Crippen LogP contribution in [-0.2, 0) is 6.42 Å². The van der Waals surface area contributed by atoms with E-state index in [1.54, 1.807) is 0 Å². The minimum absolute atomic E-state index is 0.562. The van der Waals surface area contributed by atoms with Crippen molar-refractivity contribution in [1.82, 2.24) is 0 Å². The summed E-state index contributed by atoms with van der Waals surface area (Å²) in [4.78, 5) is 4.53. The van der Waals surface area contributed by atoms with Gasteiger partial charge >= 0.3 is 0 Å². The van der Waals surface area contributed by atoms with Gasteiger partial charge in [0.05, 0.1) is 5.69 Å². The molecule has 0 aliphatic rings. The molecule has 0 aromatic heterocycles. The first-order chi connectivity index (χ1) is 8.70. The van der Waals surface area contributed by atoms with Crippen LogP contribution in [0.3, 0.4) is 0 Å². The zero-order chi connectivity index (χ0) is 13.0. The first-order valence-electron chi connectivity index (χ1n) is 6.20. The third kappa shape index (κ3) is 2.77. The van der Waals surface area contributed by atoms with Crippen LogP contribution in [-0.4, -0.2) is 5.84 Å². The Bertz CT molecular complexity index is 557. The third-order valence-electron chi connectivity index (χ3n) is 2.99. The van der Waals surface area contributed by atoms with E-state index in [0.29, 0.717) is 5.84 Å². The van der Waals surface area contributed by atoms with Crippen LogP contribution in [0.5, 0.6) is 0 Å². The molecule has 0 saturated heterocycles. The Balaban J connectivity index is 2.38. The van der Waals surface area contributed by atoms with Crippen molar-refractivity contribution in [3.8, 4) is 0 Å². The van der Waals surface area contributed by atoms with Crippen LogP contribution in [0.4, 0.5) is 5.69 Å². The number of rotatable bonds is 3. The number of nitrogens with zero attached hydrogens (tertiary/aromatic N) is 1. The van der Waals surface area contributed by atoms with Gasteiger partial charge in [-0.1, -0.05) is 49.4 Å². The summed E-state index contributed by atoms with van der Waals surface area (Å²) < 4.78 is 0. The average Bonchev–Trinajstić information content (AvgIpc) is 2.42. The van der Waals surface area contributed by atoms with E-state index in [-0.39, 0.29) is 0 Å². The van der Waals surface area contributed by atoms with Gasteiger partial charge in [-0.25, -0.2) is 4.99 Å². The lowest BCUT2D eigenvalue weighted by Crippen LogP contribution is -2.12. The Morgan fingerprint density at radius 3 is 2.50 bits per heavy atom. The second-order valence-corrected chi connectivity index (χ2v) is 4.34. The SMILES string of the molecule is CCc1ccc(C)c(N=C(N)c2ccccc2)c1. The molecule has 0 radical (unpaired) electrons. The lowest BCUT2D eigenvalue weighted by atomic mass is 10.1. The molecule has 0 saturated carbocycles. The minimum atomic E-state index is 0.562. The molecule has 0 amide bonds. The molecule has 0 aliphatic heterocycles. The standard InChI is InChI=1S/C16H18N2/c1-3-13-10-9-12(2)15(11-13)18-16(17)14-7-5-4-6-8-14/h4-11H,3H2,1-2H3,(H2,17,18). The van der Waals surface area contributed by atoms with Crippen LogP contribution < -0.4 is 5.73 Å². The maximum absolute atomic E-state index is 6.04. The Morgan fingerprint density at radius 1 is 1.11 bits per heavy atom. The van der Waals surface area contributed by atoms with E-state index in [4.69, 9.17) is 5.73 Å². The second-order valence-electron chi connectivity index (χ2n) is 4.34. The van der Waals surface area contributed by atoms with Crippen LogP contribution in [0, 0.1) is 6.92 Å². The number of aryl methyl sites for hydroxylation is 2. The van der Waals surface area contributed by atoms with Gasteiger partial charge in [0.2, 0.25) is 0 Å². The summed E-state index contributed by atoms with van der Waals surface area (Å²) in [6.07, 6.45) is 1.01. The van der Waals surface area contributed by atoms with E-state index in [1.165, 1.54) is 5.56 Å². The zero-order valence-corrected chi connectivity index (χ0v) is 10.9. The summed E-state index contributed by atoms with van der Waals surface area (Å²) in [5.74, 6) is 0.562. The summed E-state index contributed by atoms with van der Waals surface area (Å²) >= 11 is 0. The molecule has 0 spiro atoms. The van der Waals surface area contributed by atoms with Gasteiger partial charge in [-0.05, 0) is 30.5 Å². The van der Waals surface area contributed by atoms with Gasteiger partial charge in [-0.3, -0.25) is 0 Å². The number of hydrogen-bond acceptors (Lipinski definition) is 1. The van der Waals surface area contributed by atoms with Crippen molar-refractivity contribution in [2.24, 2.45) is 10.7 Å². The number of nitrogens with two attached hydrogens (primary N) is 1. The van der Waals surface area contributed by atoms with Crippen LogP contribution in [0.25, 0.3) is 0 Å². The zero-order valence-electron chi connectivity index (χ0n) is 10.9. The highest BCUT2D eigenvalue weighted by atomic mass is 14.9. The minimum Gasteiger partial charge on any atom is -0.383 e. The molecule has 0 aliphatic carbocycles. The third-order valence-corrected chi connectivity index (χ3v) is 2.99. The summed E-state index contributed by atoms with van der Waals surface area (Å²) in [6, 6.07) is 16.2. The molecule has 0 bridgehead atoms. The molecule has 2 N–H and O–H groups in total. The summed E-state index contributed by atoms with van der Waals surface area (Å²) in [5, 5.41) is 0. The fourth-order valence-electron chi connectivity index (χ4n) is 1.80. The molecule has 2 aromatic carbocycles.